The highest BCUT2D eigenvalue weighted by atomic mass is 32.2. The summed E-state index contributed by atoms with van der Waals surface area (Å²) in [5.41, 5.74) is 1.60. The molecule has 0 spiro atoms. The third-order valence-electron chi connectivity index (χ3n) is 4.08. The Morgan fingerprint density at radius 3 is 2.95 bits per heavy atom. The summed E-state index contributed by atoms with van der Waals surface area (Å²) in [6.45, 7) is 0. The largest absolute Gasteiger partial charge is 0.345 e. The van der Waals surface area contributed by atoms with E-state index < -0.39 is 0 Å². The smallest absolute Gasteiger partial charge is 0.266 e. The molecule has 2 atom stereocenters. The van der Waals surface area contributed by atoms with Crippen LogP contribution in [0.3, 0.4) is 0 Å². The van der Waals surface area contributed by atoms with E-state index >= 15 is 0 Å². The van der Waals surface area contributed by atoms with E-state index in [-0.39, 0.29) is 28.5 Å². The van der Waals surface area contributed by atoms with Crippen LogP contribution in [-0.2, 0) is 29.5 Å². The minimum absolute atomic E-state index is 0.0510. The highest BCUT2D eigenvalue weighted by molar-refractivity contribution is 8.14. The Morgan fingerprint density at radius 2 is 2.24 bits per heavy atom. The minimum Gasteiger partial charge on any atom is -0.345 e. The molecule has 0 aromatic carbocycles. The second-order valence-electron chi connectivity index (χ2n) is 5.54. The highest BCUT2D eigenvalue weighted by Gasteiger charge is 2.31. The number of hydrogen-bond donors (Lipinski definition) is 1. The van der Waals surface area contributed by atoms with Gasteiger partial charge >= 0.3 is 0 Å². The van der Waals surface area contributed by atoms with E-state index in [4.69, 9.17) is 0 Å². The van der Waals surface area contributed by atoms with Crippen LogP contribution in [0, 0.1) is 5.92 Å². The van der Waals surface area contributed by atoms with Gasteiger partial charge < -0.3 is 5.32 Å². The van der Waals surface area contributed by atoms with Gasteiger partial charge in [-0.2, -0.15) is 5.10 Å². The Bertz CT molecular complexity index is 655. The molecule has 1 aromatic rings. The average molecular weight is 307 g/mol. The summed E-state index contributed by atoms with van der Waals surface area (Å²) in [6.07, 6.45) is 2.63. The minimum atomic E-state index is -0.342. The number of amides is 1. The van der Waals surface area contributed by atoms with Gasteiger partial charge in [-0.1, -0.05) is 11.8 Å². The summed E-state index contributed by atoms with van der Waals surface area (Å²) < 4.78 is 1.33. The number of rotatable bonds is 2. The summed E-state index contributed by atoms with van der Waals surface area (Å²) in [5, 5.41) is 7.13. The zero-order chi connectivity index (χ0) is 15.0. The molecule has 6 nitrogen and oxygen atoms in total. The summed E-state index contributed by atoms with van der Waals surface area (Å²) in [6, 6.07) is 1.23. The molecule has 1 saturated heterocycles. The summed E-state index contributed by atoms with van der Waals surface area (Å²) >= 11 is 1.28. The maximum atomic E-state index is 12.3. The topological polar surface area (TPSA) is 81.1 Å². The number of hydrogen-bond acceptors (Lipinski definition) is 5. The van der Waals surface area contributed by atoms with Gasteiger partial charge in [-0.25, -0.2) is 4.68 Å². The molecule has 1 N–H and O–H groups in total. The van der Waals surface area contributed by atoms with Crippen LogP contribution in [0.4, 0.5) is 0 Å². The monoisotopic (exact) mass is 307 g/mol. The van der Waals surface area contributed by atoms with E-state index in [2.05, 4.69) is 10.4 Å². The van der Waals surface area contributed by atoms with E-state index in [0.29, 0.717) is 25.7 Å². The molecular weight excluding hydrogens is 290 g/mol. The molecule has 0 radical (unpaired) electrons. The number of carbonyl (C=O) groups excluding carboxylic acids is 2. The lowest BCUT2D eigenvalue weighted by Gasteiger charge is -2.24. The number of thioether (sulfide) groups is 1. The lowest BCUT2D eigenvalue weighted by atomic mass is 9.86. The van der Waals surface area contributed by atoms with Crippen molar-refractivity contribution in [2.24, 2.45) is 13.0 Å². The van der Waals surface area contributed by atoms with Crippen molar-refractivity contribution in [3.05, 3.63) is 27.7 Å². The summed E-state index contributed by atoms with van der Waals surface area (Å²) in [7, 11) is 1.63. The van der Waals surface area contributed by atoms with Crippen molar-refractivity contribution in [1.29, 1.82) is 0 Å². The Kier molecular flexibility index (Phi) is 3.84. The Morgan fingerprint density at radius 1 is 1.43 bits per heavy atom. The van der Waals surface area contributed by atoms with Crippen molar-refractivity contribution in [1.82, 2.24) is 15.1 Å². The van der Waals surface area contributed by atoms with Crippen LogP contribution in [0.15, 0.2) is 10.9 Å². The zero-order valence-electron chi connectivity index (χ0n) is 11.8. The number of carbonyl (C=O) groups is 2. The van der Waals surface area contributed by atoms with Crippen molar-refractivity contribution in [2.75, 3.05) is 5.75 Å². The van der Waals surface area contributed by atoms with Gasteiger partial charge in [-0.05, 0) is 31.2 Å². The van der Waals surface area contributed by atoms with Gasteiger partial charge in [0.05, 0.1) is 11.7 Å². The SMILES string of the molecule is Cn1nc2c(cc1=O)CC(C(=O)NC1CCSC1=O)CC2. The molecule has 2 aliphatic rings. The predicted molar refractivity (Wildman–Crippen MR) is 79.0 cm³/mol. The normalized spacial score (nSPS) is 24.7. The van der Waals surface area contributed by atoms with E-state index in [1.54, 1.807) is 13.1 Å². The molecule has 1 aliphatic heterocycles. The molecule has 1 aliphatic carbocycles. The molecule has 3 rings (SSSR count). The third kappa shape index (κ3) is 2.88. The number of nitrogens with zero attached hydrogens (tertiary/aromatic N) is 2. The summed E-state index contributed by atoms with van der Waals surface area (Å²) in [5.74, 6) is 0.518. The fourth-order valence-electron chi connectivity index (χ4n) is 2.83. The molecule has 1 aromatic heterocycles. The van der Waals surface area contributed by atoms with Gasteiger partial charge in [-0.3, -0.25) is 14.4 Å². The molecule has 112 valence electrons. The molecule has 0 bridgehead atoms. The van der Waals surface area contributed by atoms with Gasteiger partial charge in [0.25, 0.3) is 5.56 Å². The first-order chi connectivity index (χ1) is 10.0. The standard InChI is InChI=1S/C14H17N3O3S/c1-17-12(18)7-9-6-8(2-3-10(9)16-17)13(19)15-11-4-5-21-14(11)20/h7-8,11H,2-6H2,1H3,(H,15,19). The second kappa shape index (κ2) is 5.63. The van der Waals surface area contributed by atoms with Crippen LogP contribution in [0.1, 0.15) is 24.1 Å². The number of aryl methyl sites for hydroxylation is 2. The summed E-state index contributed by atoms with van der Waals surface area (Å²) in [4.78, 5) is 35.5. The molecular formula is C14H17N3O3S. The number of aromatic nitrogens is 2. The predicted octanol–water partition coefficient (Wildman–Crippen LogP) is 0.0335. The molecule has 7 heteroatoms. The maximum Gasteiger partial charge on any atom is 0.266 e. The Labute approximate surface area is 126 Å². The molecule has 1 fully saturated rings. The van der Waals surface area contributed by atoms with E-state index in [1.807, 2.05) is 0 Å². The highest BCUT2D eigenvalue weighted by Crippen LogP contribution is 2.25. The van der Waals surface area contributed by atoms with E-state index in [0.717, 1.165) is 17.0 Å². The van der Waals surface area contributed by atoms with Gasteiger partial charge in [0.15, 0.2) is 0 Å². The van der Waals surface area contributed by atoms with Crippen LogP contribution in [0.5, 0.6) is 0 Å². The zero-order valence-corrected chi connectivity index (χ0v) is 12.6. The fourth-order valence-corrected chi connectivity index (χ4v) is 3.76. The first kappa shape index (κ1) is 14.3. The van der Waals surface area contributed by atoms with Gasteiger partial charge in [0.2, 0.25) is 11.0 Å². The van der Waals surface area contributed by atoms with Gasteiger partial charge in [0.1, 0.15) is 0 Å². The second-order valence-corrected chi connectivity index (χ2v) is 6.63. The number of fused-ring (bicyclic) bond motifs is 1. The van der Waals surface area contributed by atoms with E-state index in [9.17, 15) is 14.4 Å². The third-order valence-corrected chi connectivity index (χ3v) is 5.09. The van der Waals surface area contributed by atoms with Crippen molar-refractivity contribution in [3.63, 3.8) is 0 Å². The molecule has 21 heavy (non-hydrogen) atoms. The van der Waals surface area contributed by atoms with Crippen molar-refractivity contribution in [2.45, 2.75) is 31.7 Å². The van der Waals surface area contributed by atoms with Crippen molar-refractivity contribution < 1.29 is 9.59 Å². The first-order valence-corrected chi connectivity index (χ1v) is 8.06. The molecule has 2 heterocycles. The van der Waals surface area contributed by atoms with Crippen LogP contribution < -0.4 is 10.9 Å². The van der Waals surface area contributed by atoms with Crippen LogP contribution in [-0.4, -0.2) is 32.6 Å². The van der Waals surface area contributed by atoms with E-state index in [1.165, 1.54) is 16.4 Å². The maximum absolute atomic E-state index is 12.3. The molecule has 1 amide bonds. The lowest BCUT2D eigenvalue weighted by Crippen LogP contribution is -2.42. The quantitative estimate of drug-likeness (QED) is 0.834. The van der Waals surface area contributed by atoms with Crippen LogP contribution >= 0.6 is 11.8 Å². The van der Waals surface area contributed by atoms with Crippen LogP contribution in [0.25, 0.3) is 0 Å². The van der Waals surface area contributed by atoms with Gasteiger partial charge in [0, 0.05) is 24.8 Å². The first-order valence-electron chi connectivity index (χ1n) is 7.07. The fraction of sp³-hybridized carbons (Fsp3) is 0.571. The molecule has 0 saturated carbocycles. The lowest BCUT2D eigenvalue weighted by molar-refractivity contribution is -0.128. The molecule has 2 unspecified atom stereocenters. The van der Waals surface area contributed by atoms with Crippen molar-refractivity contribution in [3.8, 4) is 0 Å². The van der Waals surface area contributed by atoms with Crippen LogP contribution in [0.2, 0.25) is 0 Å². The Balaban J connectivity index is 1.70. The van der Waals surface area contributed by atoms with Gasteiger partial charge in [-0.15, -0.1) is 0 Å². The van der Waals surface area contributed by atoms with Crippen molar-refractivity contribution >= 4 is 22.8 Å². The number of nitrogens with one attached hydrogen (secondary N) is 1. The average Bonchev–Trinajstić information content (AvgIpc) is 2.85. The Hall–Kier alpha value is -1.63.